The molecular weight excluding hydrogens is 403 g/mol. The van der Waals surface area contributed by atoms with Crippen LogP contribution in [0.1, 0.15) is 46.0 Å². The molecule has 0 aromatic rings. The van der Waals surface area contributed by atoms with E-state index in [4.69, 9.17) is 9.73 Å². The SMILES string of the molecule is CCCN1CCC(CN=C(NCC)NC2CC3CCC2O3)C1.I. The lowest BCUT2D eigenvalue weighted by Crippen LogP contribution is -2.47. The molecule has 3 saturated heterocycles. The van der Waals surface area contributed by atoms with E-state index in [1.54, 1.807) is 0 Å². The molecule has 3 fully saturated rings. The van der Waals surface area contributed by atoms with Gasteiger partial charge >= 0.3 is 0 Å². The lowest BCUT2D eigenvalue weighted by molar-refractivity contribution is 0.0992. The van der Waals surface area contributed by atoms with E-state index in [1.165, 1.54) is 45.3 Å². The van der Waals surface area contributed by atoms with Crippen molar-refractivity contribution in [3.63, 3.8) is 0 Å². The molecule has 4 unspecified atom stereocenters. The quantitative estimate of drug-likeness (QED) is 0.381. The first-order chi connectivity index (χ1) is 10.8. The second-order valence-corrected chi connectivity index (χ2v) is 7.04. The molecule has 6 heteroatoms. The summed E-state index contributed by atoms with van der Waals surface area (Å²) in [6, 6.07) is 0.455. The van der Waals surface area contributed by atoms with Crippen LogP contribution >= 0.6 is 24.0 Å². The molecule has 3 aliphatic rings. The minimum atomic E-state index is 0. The molecule has 0 radical (unpaired) electrons. The maximum atomic E-state index is 5.93. The molecule has 3 heterocycles. The Morgan fingerprint density at radius 2 is 2.13 bits per heavy atom. The number of nitrogens with one attached hydrogen (secondary N) is 2. The number of nitrogens with zero attached hydrogens (tertiary/aromatic N) is 2. The number of rotatable bonds is 6. The van der Waals surface area contributed by atoms with Crippen LogP contribution in [-0.2, 0) is 4.74 Å². The van der Waals surface area contributed by atoms with E-state index in [0.29, 0.717) is 18.2 Å². The fourth-order valence-corrected chi connectivity index (χ4v) is 4.09. The first-order valence-corrected chi connectivity index (χ1v) is 9.21. The Morgan fingerprint density at radius 1 is 1.26 bits per heavy atom. The summed E-state index contributed by atoms with van der Waals surface area (Å²) in [6.45, 7) is 9.95. The van der Waals surface area contributed by atoms with E-state index >= 15 is 0 Å². The van der Waals surface area contributed by atoms with E-state index in [9.17, 15) is 0 Å². The van der Waals surface area contributed by atoms with Gasteiger partial charge in [0.15, 0.2) is 5.96 Å². The standard InChI is InChI=1S/C17H32N4O.HI/c1-3-8-21-9-7-13(12-21)11-19-17(18-4-2)20-15-10-14-5-6-16(15)22-14;/h13-16H,3-12H2,1-2H3,(H2,18,19,20);1H. The molecule has 5 nitrogen and oxygen atoms in total. The summed E-state index contributed by atoms with van der Waals surface area (Å²) in [4.78, 5) is 7.42. The first-order valence-electron chi connectivity index (χ1n) is 9.21. The van der Waals surface area contributed by atoms with Crippen LogP contribution in [0.25, 0.3) is 0 Å². The highest BCUT2D eigenvalue weighted by atomic mass is 127. The van der Waals surface area contributed by atoms with E-state index in [1.807, 2.05) is 0 Å². The van der Waals surface area contributed by atoms with Crippen molar-refractivity contribution >= 4 is 29.9 Å². The zero-order valence-corrected chi connectivity index (χ0v) is 16.9. The third-order valence-corrected chi connectivity index (χ3v) is 5.19. The summed E-state index contributed by atoms with van der Waals surface area (Å²) < 4.78 is 5.93. The zero-order valence-electron chi connectivity index (χ0n) is 14.6. The topological polar surface area (TPSA) is 48.9 Å². The third kappa shape index (κ3) is 5.19. The number of aliphatic imine (C=N–C) groups is 1. The molecule has 2 N–H and O–H groups in total. The predicted octanol–water partition coefficient (Wildman–Crippen LogP) is 2.21. The van der Waals surface area contributed by atoms with Crippen LogP contribution in [0.15, 0.2) is 4.99 Å². The smallest absolute Gasteiger partial charge is 0.191 e. The zero-order chi connectivity index (χ0) is 15.4. The van der Waals surface area contributed by atoms with E-state index in [0.717, 1.165) is 31.4 Å². The van der Waals surface area contributed by atoms with Crippen molar-refractivity contribution in [2.45, 2.75) is 64.2 Å². The summed E-state index contributed by atoms with van der Waals surface area (Å²) >= 11 is 0. The fraction of sp³-hybridized carbons (Fsp3) is 0.941. The summed E-state index contributed by atoms with van der Waals surface area (Å²) in [5.41, 5.74) is 0. The molecule has 0 amide bonds. The molecule has 0 aliphatic carbocycles. The van der Waals surface area contributed by atoms with Crippen LogP contribution in [0.4, 0.5) is 0 Å². The summed E-state index contributed by atoms with van der Waals surface area (Å²) in [5.74, 6) is 1.70. The van der Waals surface area contributed by atoms with Crippen molar-refractivity contribution < 1.29 is 4.74 Å². The van der Waals surface area contributed by atoms with Gasteiger partial charge < -0.3 is 20.3 Å². The molecule has 23 heavy (non-hydrogen) atoms. The molecule has 0 aromatic heterocycles. The Labute approximate surface area is 158 Å². The van der Waals surface area contributed by atoms with Crippen LogP contribution in [0.2, 0.25) is 0 Å². The highest BCUT2D eigenvalue weighted by molar-refractivity contribution is 14.0. The van der Waals surface area contributed by atoms with Gasteiger partial charge in [0.1, 0.15) is 0 Å². The summed E-state index contributed by atoms with van der Waals surface area (Å²) in [6.07, 6.45) is 7.03. The van der Waals surface area contributed by atoms with Gasteiger partial charge in [0.25, 0.3) is 0 Å². The second-order valence-electron chi connectivity index (χ2n) is 7.04. The maximum absolute atomic E-state index is 5.93. The largest absolute Gasteiger partial charge is 0.373 e. The Morgan fingerprint density at radius 3 is 2.78 bits per heavy atom. The van der Waals surface area contributed by atoms with Crippen LogP contribution < -0.4 is 10.6 Å². The van der Waals surface area contributed by atoms with Gasteiger partial charge in [0, 0.05) is 19.6 Å². The number of hydrogen-bond donors (Lipinski definition) is 2. The van der Waals surface area contributed by atoms with E-state index in [2.05, 4.69) is 29.4 Å². The lowest BCUT2D eigenvalue weighted by Gasteiger charge is -2.23. The van der Waals surface area contributed by atoms with Gasteiger partial charge in [-0.1, -0.05) is 6.92 Å². The van der Waals surface area contributed by atoms with Gasteiger partial charge in [-0.05, 0) is 58.0 Å². The molecule has 2 bridgehead atoms. The van der Waals surface area contributed by atoms with Crippen LogP contribution in [0.5, 0.6) is 0 Å². The highest BCUT2D eigenvalue weighted by Gasteiger charge is 2.41. The Hall–Kier alpha value is -0.0800. The lowest BCUT2D eigenvalue weighted by atomic mass is 9.96. The molecule has 134 valence electrons. The monoisotopic (exact) mass is 436 g/mol. The Balaban J connectivity index is 0.00000192. The molecule has 3 rings (SSSR count). The van der Waals surface area contributed by atoms with Gasteiger partial charge in [-0.2, -0.15) is 0 Å². The molecular formula is C17H33IN4O. The minimum absolute atomic E-state index is 0. The third-order valence-electron chi connectivity index (χ3n) is 5.19. The van der Waals surface area contributed by atoms with Crippen LogP contribution in [0.3, 0.4) is 0 Å². The van der Waals surface area contributed by atoms with Gasteiger partial charge in [-0.3, -0.25) is 4.99 Å². The van der Waals surface area contributed by atoms with Gasteiger partial charge in [0.05, 0.1) is 18.2 Å². The van der Waals surface area contributed by atoms with Crippen molar-refractivity contribution in [3.8, 4) is 0 Å². The number of likely N-dealkylation sites (tertiary alicyclic amines) is 1. The van der Waals surface area contributed by atoms with Gasteiger partial charge in [-0.15, -0.1) is 24.0 Å². The Bertz CT molecular complexity index is 393. The number of ether oxygens (including phenoxy) is 1. The molecule has 4 atom stereocenters. The van der Waals surface area contributed by atoms with Gasteiger partial charge in [-0.25, -0.2) is 0 Å². The van der Waals surface area contributed by atoms with Crippen molar-refractivity contribution in [3.05, 3.63) is 0 Å². The predicted molar refractivity (Wildman–Crippen MR) is 106 cm³/mol. The number of hydrogen-bond acceptors (Lipinski definition) is 3. The average molecular weight is 436 g/mol. The van der Waals surface area contributed by atoms with E-state index < -0.39 is 0 Å². The van der Waals surface area contributed by atoms with Crippen molar-refractivity contribution in [2.24, 2.45) is 10.9 Å². The van der Waals surface area contributed by atoms with Gasteiger partial charge in [0.2, 0.25) is 0 Å². The first kappa shape index (κ1) is 19.2. The normalized spacial score (nSPS) is 33.7. The maximum Gasteiger partial charge on any atom is 0.191 e. The number of guanidine groups is 1. The molecule has 0 saturated carbocycles. The van der Waals surface area contributed by atoms with Crippen LogP contribution in [-0.4, -0.2) is 61.8 Å². The number of halogens is 1. The van der Waals surface area contributed by atoms with Crippen molar-refractivity contribution in [2.75, 3.05) is 32.7 Å². The second kappa shape index (κ2) is 9.42. The summed E-state index contributed by atoms with van der Waals surface area (Å²) in [7, 11) is 0. The average Bonchev–Trinajstić information content (AvgIpc) is 3.22. The van der Waals surface area contributed by atoms with Crippen molar-refractivity contribution in [1.29, 1.82) is 0 Å². The fourth-order valence-electron chi connectivity index (χ4n) is 4.09. The van der Waals surface area contributed by atoms with Crippen LogP contribution in [0, 0.1) is 5.92 Å². The number of fused-ring (bicyclic) bond motifs is 2. The van der Waals surface area contributed by atoms with E-state index in [-0.39, 0.29) is 24.0 Å². The Kier molecular flexibility index (Phi) is 7.88. The minimum Gasteiger partial charge on any atom is -0.373 e. The molecule has 0 spiro atoms. The van der Waals surface area contributed by atoms with Crippen molar-refractivity contribution in [1.82, 2.24) is 15.5 Å². The molecule has 3 aliphatic heterocycles. The summed E-state index contributed by atoms with van der Waals surface area (Å²) in [5, 5.41) is 7.01. The highest BCUT2D eigenvalue weighted by Crippen LogP contribution is 2.34. The molecule has 0 aromatic carbocycles.